The Labute approximate surface area is 98.6 Å². The smallest absolute Gasteiger partial charge is 0.237 e. The topological polar surface area (TPSA) is 91.1 Å². The van der Waals surface area contributed by atoms with Crippen molar-refractivity contribution in [2.24, 2.45) is 5.73 Å². The molecule has 0 aliphatic rings. The minimum Gasteiger partial charge on any atom is -0.508 e. The van der Waals surface area contributed by atoms with Gasteiger partial charge >= 0.3 is 0 Å². The number of hydrogen-bond acceptors (Lipinski definition) is 3. The van der Waals surface area contributed by atoms with E-state index in [0.717, 1.165) is 16.5 Å². The largest absolute Gasteiger partial charge is 0.508 e. The van der Waals surface area contributed by atoms with Gasteiger partial charge in [-0.15, -0.1) is 0 Å². The molecule has 0 saturated carbocycles. The molecule has 0 bridgehead atoms. The van der Waals surface area contributed by atoms with Gasteiger partial charge in [0.05, 0.1) is 6.04 Å². The van der Waals surface area contributed by atoms with Gasteiger partial charge in [-0.2, -0.15) is 0 Å². The average Bonchev–Trinajstić information content (AvgIpc) is 2.71. The summed E-state index contributed by atoms with van der Waals surface area (Å²) in [5.41, 5.74) is 7.60. The van der Waals surface area contributed by atoms with Crippen LogP contribution < -0.4 is 11.1 Å². The van der Waals surface area contributed by atoms with Gasteiger partial charge in [-0.25, -0.2) is 0 Å². The normalized spacial score (nSPS) is 12.6. The molecule has 2 aromatic rings. The summed E-state index contributed by atoms with van der Waals surface area (Å²) in [6.45, 7) is 0. The summed E-state index contributed by atoms with van der Waals surface area (Å²) < 4.78 is 0. The van der Waals surface area contributed by atoms with Crippen LogP contribution >= 0.6 is 0 Å². The number of H-pyrrole nitrogens is 1. The number of fused-ring (bicyclic) bond motifs is 1. The van der Waals surface area contributed by atoms with Crippen LogP contribution in [0.5, 0.6) is 5.75 Å². The van der Waals surface area contributed by atoms with Crippen molar-refractivity contribution >= 4 is 16.8 Å². The SMILES string of the molecule is CNC(=O)[C@@H](N)Cc1c[nH]c2ccc(O)cc12. The summed E-state index contributed by atoms with van der Waals surface area (Å²) in [6, 6.07) is 4.49. The summed E-state index contributed by atoms with van der Waals surface area (Å²) in [4.78, 5) is 14.4. The zero-order chi connectivity index (χ0) is 12.4. The lowest BCUT2D eigenvalue weighted by atomic mass is 10.0. The van der Waals surface area contributed by atoms with Crippen LogP contribution in [0.15, 0.2) is 24.4 Å². The molecule has 0 saturated heterocycles. The van der Waals surface area contributed by atoms with Gasteiger partial charge < -0.3 is 21.1 Å². The maximum Gasteiger partial charge on any atom is 0.237 e. The predicted molar refractivity (Wildman–Crippen MR) is 65.7 cm³/mol. The van der Waals surface area contributed by atoms with Crippen LogP contribution in [-0.2, 0) is 11.2 Å². The van der Waals surface area contributed by atoms with E-state index in [-0.39, 0.29) is 11.7 Å². The third-order valence-electron chi connectivity index (χ3n) is 2.77. The molecule has 0 radical (unpaired) electrons. The third-order valence-corrected chi connectivity index (χ3v) is 2.77. The van der Waals surface area contributed by atoms with Gasteiger partial charge in [0.2, 0.25) is 5.91 Å². The lowest BCUT2D eigenvalue weighted by Gasteiger charge is -2.08. The first kappa shape index (κ1) is 11.5. The molecule has 5 N–H and O–H groups in total. The van der Waals surface area contributed by atoms with Crippen LogP contribution in [0.25, 0.3) is 10.9 Å². The maximum absolute atomic E-state index is 11.3. The molecular weight excluding hydrogens is 218 g/mol. The highest BCUT2D eigenvalue weighted by molar-refractivity contribution is 5.86. The predicted octanol–water partition coefficient (Wildman–Crippen LogP) is 0.489. The first-order chi connectivity index (χ1) is 8.11. The zero-order valence-electron chi connectivity index (χ0n) is 9.53. The minimum absolute atomic E-state index is 0.195. The Bertz CT molecular complexity index is 548. The first-order valence-electron chi connectivity index (χ1n) is 5.38. The first-order valence-corrected chi connectivity index (χ1v) is 5.38. The van der Waals surface area contributed by atoms with E-state index in [9.17, 15) is 9.90 Å². The molecule has 1 atom stereocenters. The van der Waals surface area contributed by atoms with Crippen molar-refractivity contribution in [3.63, 3.8) is 0 Å². The summed E-state index contributed by atoms with van der Waals surface area (Å²) in [6.07, 6.45) is 2.25. The number of benzene rings is 1. The van der Waals surface area contributed by atoms with E-state index >= 15 is 0 Å². The Balaban J connectivity index is 2.30. The Hall–Kier alpha value is -2.01. The molecule has 0 aliphatic heterocycles. The van der Waals surface area contributed by atoms with Crippen LogP contribution in [0, 0.1) is 0 Å². The van der Waals surface area contributed by atoms with E-state index in [0.29, 0.717) is 6.42 Å². The van der Waals surface area contributed by atoms with Crippen molar-refractivity contribution in [2.75, 3.05) is 7.05 Å². The lowest BCUT2D eigenvalue weighted by molar-refractivity contribution is -0.121. The van der Waals surface area contributed by atoms with Gasteiger partial charge in [-0.3, -0.25) is 4.79 Å². The highest BCUT2D eigenvalue weighted by atomic mass is 16.3. The highest BCUT2D eigenvalue weighted by Gasteiger charge is 2.14. The molecular formula is C12H15N3O2. The second-order valence-electron chi connectivity index (χ2n) is 3.97. The number of aromatic hydroxyl groups is 1. The number of carbonyl (C=O) groups excluding carboxylic acids is 1. The van der Waals surface area contributed by atoms with Crippen molar-refractivity contribution in [2.45, 2.75) is 12.5 Å². The molecule has 0 fully saturated rings. The number of hydrogen-bond donors (Lipinski definition) is 4. The minimum atomic E-state index is -0.582. The number of nitrogens with two attached hydrogens (primary N) is 1. The molecule has 1 heterocycles. The fraction of sp³-hybridized carbons (Fsp3) is 0.250. The summed E-state index contributed by atoms with van der Waals surface area (Å²) in [7, 11) is 1.56. The Morgan fingerprint density at radius 3 is 3.06 bits per heavy atom. The molecule has 0 spiro atoms. The fourth-order valence-corrected chi connectivity index (χ4v) is 1.85. The quantitative estimate of drug-likeness (QED) is 0.621. The standard InChI is InChI=1S/C12H15N3O2/c1-14-12(17)10(13)4-7-6-15-11-3-2-8(16)5-9(7)11/h2-3,5-6,10,15-16H,4,13H2,1H3,(H,14,17)/t10-/m0/s1. The van der Waals surface area contributed by atoms with Crippen molar-refractivity contribution in [3.8, 4) is 5.75 Å². The number of phenolic OH excluding ortho intramolecular Hbond substituents is 1. The molecule has 5 nitrogen and oxygen atoms in total. The molecule has 0 unspecified atom stereocenters. The number of rotatable bonds is 3. The van der Waals surface area contributed by atoms with Gasteiger partial charge in [0, 0.05) is 24.1 Å². The molecule has 0 aliphatic carbocycles. The number of carbonyl (C=O) groups is 1. The van der Waals surface area contributed by atoms with Gasteiger partial charge in [0.1, 0.15) is 5.75 Å². The molecule has 2 rings (SSSR count). The van der Waals surface area contributed by atoms with Crippen molar-refractivity contribution in [3.05, 3.63) is 30.0 Å². The van der Waals surface area contributed by atoms with E-state index in [1.807, 2.05) is 6.20 Å². The Morgan fingerprint density at radius 1 is 1.59 bits per heavy atom. The average molecular weight is 233 g/mol. The molecule has 5 heteroatoms. The van der Waals surface area contributed by atoms with Crippen LogP contribution in [0.3, 0.4) is 0 Å². The summed E-state index contributed by atoms with van der Waals surface area (Å²) >= 11 is 0. The van der Waals surface area contributed by atoms with Crippen molar-refractivity contribution in [1.82, 2.24) is 10.3 Å². The van der Waals surface area contributed by atoms with Crippen molar-refractivity contribution < 1.29 is 9.90 Å². The van der Waals surface area contributed by atoms with E-state index in [1.54, 1.807) is 25.2 Å². The van der Waals surface area contributed by atoms with Crippen LogP contribution in [0.1, 0.15) is 5.56 Å². The zero-order valence-corrected chi connectivity index (χ0v) is 9.53. The van der Waals surface area contributed by atoms with Gasteiger partial charge in [0.25, 0.3) is 0 Å². The molecule has 17 heavy (non-hydrogen) atoms. The number of amides is 1. The van der Waals surface area contributed by atoms with E-state index in [1.165, 1.54) is 0 Å². The summed E-state index contributed by atoms with van der Waals surface area (Å²) in [5.74, 6) is 0.00590. The van der Waals surface area contributed by atoms with E-state index < -0.39 is 6.04 Å². The fourth-order valence-electron chi connectivity index (χ4n) is 1.85. The number of aromatic nitrogens is 1. The van der Waals surface area contributed by atoms with Gasteiger partial charge in [-0.05, 0) is 30.2 Å². The van der Waals surface area contributed by atoms with Crippen LogP contribution in [0.2, 0.25) is 0 Å². The highest BCUT2D eigenvalue weighted by Crippen LogP contribution is 2.23. The number of phenols is 1. The number of aromatic amines is 1. The number of likely N-dealkylation sites (N-methyl/N-ethyl adjacent to an activating group) is 1. The molecule has 90 valence electrons. The maximum atomic E-state index is 11.3. The van der Waals surface area contributed by atoms with Gasteiger partial charge in [0.15, 0.2) is 0 Å². The molecule has 1 aromatic carbocycles. The van der Waals surface area contributed by atoms with Crippen LogP contribution in [-0.4, -0.2) is 29.1 Å². The molecule has 1 aromatic heterocycles. The summed E-state index contributed by atoms with van der Waals surface area (Å²) in [5, 5.41) is 12.8. The van der Waals surface area contributed by atoms with E-state index in [2.05, 4.69) is 10.3 Å². The second kappa shape index (κ2) is 4.47. The van der Waals surface area contributed by atoms with Gasteiger partial charge in [-0.1, -0.05) is 0 Å². The van der Waals surface area contributed by atoms with Crippen LogP contribution in [0.4, 0.5) is 0 Å². The lowest BCUT2D eigenvalue weighted by Crippen LogP contribution is -2.40. The Morgan fingerprint density at radius 2 is 2.35 bits per heavy atom. The van der Waals surface area contributed by atoms with Crippen molar-refractivity contribution in [1.29, 1.82) is 0 Å². The van der Waals surface area contributed by atoms with E-state index in [4.69, 9.17) is 5.73 Å². The molecule has 1 amide bonds. The second-order valence-corrected chi connectivity index (χ2v) is 3.97. The monoisotopic (exact) mass is 233 g/mol. The number of nitrogens with one attached hydrogen (secondary N) is 2. The third kappa shape index (κ3) is 2.24. The Kier molecular flexibility index (Phi) is 3.01.